The highest BCUT2D eigenvalue weighted by atomic mass is 35.5. The topological polar surface area (TPSA) is 26.7 Å². The van der Waals surface area contributed by atoms with E-state index in [0.29, 0.717) is 11.4 Å². The molecule has 1 heterocycles. The Morgan fingerprint density at radius 3 is 2.84 bits per heavy atom. The standard InChI is InChI=1S/C14H20ClFN2O/c1-17-5-6-18(2)13(9-17)14(19)7-10-3-4-11(16)8-12(10)15/h3-4,8,13-14,19H,5-7,9H2,1-2H3. The van der Waals surface area contributed by atoms with E-state index in [9.17, 15) is 9.50 Å². The van der Waals surface area contributed by atoms with Crippen molar-refractivity contribution < 1.29 is 9.50 Å². The number of aliphatic hydroxyl groups excluding tert-OH is 1. The van der Waals surface area contributed by atoms with Crippen LogP contribution in [-0.2, 0) is 6.42 Å². The third kappa shape index (κ3) is 3.66. The molecule has 19 heavy (non-hydrogen) atoms. The van der Waals surface area contributed by atoms with Crippen LogP contribution in [0.5, 0.6) is 0 Å². The minimum Gasteiger partial charge on any atom is -0.391 e. The minimum atomic E-state index is -0.504. The molecule has 0 aromatic heterocycles. The van der Waals surface area contributed by atoms with Gasteiger partial charge in [-0.1, -0.05) is 17.7 Å². The molecule has 2 rings (SSSR count). The Bertz CT molecular complexity index is 443. The number of hydrogen-bond acceptors (Lipinski definition) is 3. The molecule has 1 aliphatic rings. The molecule has 0 aliphatic carbocycles. The van der Waals surface area contributed by atoms with Gasteiger partial charge in [0.25, 0.3) is 0 Å². The van der Waals surface area contributed by atoms with Crippen LogP contribution in [0.15, 0.2) is 18.2 Å². The molecule has 0 amide bonds. The quantitative estimate of drug-likeness (QED) is 0.915. The third-order valence-corrected chi connectivity index (χ3v) is 4.14. The van der Waals surface area contributed by atoms with Crippen molar-refractivity contribution in [3.63, 3.8) is 0 Å². The van der Waals surface area contributed by atoms with Gasteiger partial charge in [0, 0.05) is 37.1 Å². The van der Waals surface area contributed by atoms with Gasteiger partial charge in [-0.15, -0.1) is 0 Å². The second-order valence-electron chi connectivity index (χ2n) is 5.32. The molecule has 106 valence electrons. The molecule has 0 saturated carbocycles. The van der Waals surface area contributed by atoms with Gasteiger partial charge in [-0.2, -0.15) is 0 Å². The van der Waals surface area contributed by atoms with Crippen molar-refractivity contribution in [1.82, 2.24) is 9.80 Å². The third-order valence-electron chi connectivity index (χ3n) is 3.79. The normalized spacial score (nSPS) is 23.5. The summed E-state index contributed by atoms with van der Waals surface area (Å²) in [6.45, 7) is 2.78. The van der Waals surface area contributed by atoms with Gasteiger partial charge in [-0.05, 0) is 31.8 Å². The van der Waals surface area contributed by atoms with Gasteiger partial charge in [-0.25, -0.2) is 4.39 Å². The Labute approximate surface area is 118 Å². The molecule has 2 unspecified atom stereocenters. The SMILES string of the molecule is CN1CCN(C)C(C(O)Cc2ccc(F)cc2Cl)C1. The molecule has 1 N–H and O–H groups in total. The number of nitrogens with zero attached hydrogens (tertiary/aromatic N) is 2. The second kappa shape index (κ2) is 6.18. The van der Waals surface area contributed by atoms with Crippen LogP contribution in [0, 0.1) is 5.82 Å². The van der Waals surface area contributed by atoms with E-state index in [0.717, 1.165) is 25.2 Å². The van der Waals surface area contributed by atoms with Crippen molar-refractivity contribution in [2.24, 2.45) is 0 Å². The van der Waals surface area contributed by atoms with Crippen LogP contribution >= 0.6 is 11.6 Å². The Kier molecular flexibility index (Phi) is 4.79. The fourth-order valence-electron chi connectivity index (χ4n) is 2.51. The van der Waals surface area contributed by atoms with E-state index in [4.69, 9.17) is 11.6 Å². The highest BCUT2D eigenvalue weighted by Crippen LogP contribution is 2.21. The lowest BCUT2D eigenvalue weighted by atomic mass is 9.99. The van der Waals surface area contributed by atoms with Crippen LogP contribution in [0.2, 0.25) is 5.02 Å². The molecular weight excluding hydrogens is 267 g/mol. The van der Waals surface area contributed by atoms with Crippen molar-refractivity contribution in [3.05, 3.63) is 34.6 Å². The average Bonchev–Trinajstić information content (AvgIpc) is 2.35. The van der Waals surface area contributed by atoms with E-state index in [2.05, 4.69) is 16.8 Å². The molecule has 0 radical (unpaired) electrons. The first kappa shape index (κ1) is 14.7. The van der Waals surface area contributed by atoms with Crippen LogP contribution in [0.3, 0.4) is 0 Å². The fourth-order valence-corrected chi connectivity index (χ4v) is 2.75. The number of piperazine rings is 1. The summed E-state index contributed by atoms with van der Waals surface area (Å²) in [6, 6.07) is 4.40. The molecule has 1 aromatic carbocycles. The van der Waals surface area contributed by atoms with Crippen molar-refractivity contribution in [2.45, 2.75) is 18.6 Å². The fraction of sp³-hybridized carbons (Fsp3) is 0.571. The summed E-state index contributed by atoms with van der Waals surface area (Å²) < 4.78 is 13.0. The number of aliphatic hydroxyl groups is 1. The van der Waals surface area contributed by atoms with E-state index in [1.807, 2.05) is 7.05 Å². The smallest absolute Gasteiger partial charge is 0.124 e. The van der Waals surface area contributed by atoms with Crippen LogP contribution in [0.4, 0.5) is 4.39 Å². The van der Waals surface area contributed by atoms with Crippen molar-refractivity contribution in [2.75, 3.05) is 33.7 Å². The molecule has 0 spiro atoms. The molecule has 0 bridgehead atoms. The van der Waals surface area contributed by atoms with Gasteiger partial charge in [-0.3, -0.25) is 4.90 Å². The van der Waals surface area contributed by atoms with Gasteiger partial charge in [0.2, 0.25) is 0 Å². The Morgan fingerprint density at radius 1 is 1.42 bits per heavy atom. The highest BCUT2D eigenvalue weighted by Gasteiger charge is 2.28. The Balaban J connectivity index is 2.05. The first-order chi connectivity index (χ1) is 8.97. The predicted octanol–water partition coefficient (Wildman–Crippen LogP) is 1.63. The Morgan fingerprint density at radius 2 is 2.16 bits per heavy atom. The molecule has 1 aromatic rings. The number of likely N-dealkylation sites (N-methyl/N-ethyl adjacent to an activating group) is 2. The minimum absolute atomic E-state index is 0.0832. The highest BCUT2D eigenvalue weighted by molar-refractivity contribution is 6.31. The van der Waals surface area contributed by atoms with Crippen LogP contribution in [0.25, 0.3) is 0 Å². The van der Waals surface area contributed by atoms with Crippen molar-refractivity contribution >= 4 is 11.6 Å². The van der Waals surface area contributed by atoms with Crippen molar-refractivity contribution in [1.29, 1.82) is 0 Å². The van der Waals surface area contributed by atoms with Gasteiger partial charge < -0.3 is 10.0 Å². The van der Waals surface area contributed by atoms with E-state index in [1.54, 1.807) is 6.07 Å². The predicted molar refractivity (Wildman–Crippen MR) is 75.0 cm³/mol. The monoisotopic (exact) mass is 286 g/mol. The number of hydrogen-bond donors (Lipinski definition) is 1. The first-order valence-electron chi connectivity index (χ1n) is 6.48. The van der Waals surface area contributed by atoms with Crippen molar-refractivity contribution in [3.8, 4) is 0 Å². The number of halogens is 2. The largest absolute Gasteiger partial charge is 0.391 e. The zero-order chi connectivity index (χ0) is 14.0. The molecular formula is C14H20ClFN2O. The zero-order valence-electron chi connectivity index (χ0n) is 11.3. The second-order valence-corrected chi connectivity index (χ2v) is 5.72. The zero-order valence-corrected chi connectivity index (χ0v) is 12.1. The van der Waals surface area contributed by atoms with E-state index < -0.39 is 6.10 Å². The van der Waals surface area contributed by atoms with Gasteiger partial charge in [0.15, 0.2) is 0 Å². The summed E-state index contributed by atoms with van der Waals surface area (Å²) in [5, 5.41) is 10.8. The summed E-state index contributed by atoms with van der Waals surface area (Å²) in [5.74, 6) is -0.349. The summed E-state index contributed by atoms with van der Waals surface area (Å²) in [4.78, 5) is 4.38. The van der Waals surface area contributed by atoms with E-state index >= 15 is 0 Å². The number of rotatable bonds is 3. The summed E-state index contributed by atoms with van der Waals surface area (Å²) in [7, 11) is 4.07. The molecule has 3 nitrogen and oxygen atoms in total. The maximum absolute atomic E-state index is 13.0. The number of benzene rings is 1. The van der Waals surface area contributed by atoms with Gasteiger partial charge in [0.05, 0.1) is 6.10 Å². The maximum Gasteiger partial charge on any atom is 0.124 e. The van der Waals surface area contributed by atoms with Gasteiger partial charge in [0.1, 0.15) is 5.82 Å². The first-order valence-corrected chi connectivity index (χ1v) is 6.86. The van der Waals surface area contributed by atoms with Crippen LogP contribution < -0.4 is 0 Å². The molecule has 1 aliphatic heterocycles. The van der Waals surface area contributed by atoms with E-state index in [-0.39, 0.29) is 11.9 Å². The lowest BCUT2D eigenvalue weighted by Gasteiger charge is -2.40. The lowest BCUT2D eigenvalue weighted by Crippen LogP contribution is -2.55. The molecule has 2 atom stereocenters. The van der Waals surface area contributed by atoms with E-state index in [1.165, 1.54) is 12.1 Å². The lowest BCUT2D eigenvalue weighted by molar-refractivity contribution is 0.0153. The maximum atomic E-state index is 13.0. The molecule has 1 fully saturated rings. The molecule has 5 heteroatoms. The van der Waals surface area contributed by atoms with Crippen LogP contribution in [-0.4, -0.2) is 60.8 Å². The average molecular weight is 287 g/mol. The summed E-state index contributed by atoms with van der Waals surface area (Å²) in [5.41, 5.74) is 0.789. The van der Waals surface area contributed by atoms with Crippen LogP contribution in [0.1, 0.15) is 5.56 Å². The summed E-state index contributed by atoms with van der Waals surface area (Å²) >= 11 is 6.00. The molecule has 1 saturated heterocycles. The van der Waals surface area contributed by atoms with Gasteiger partial charge >= 0.3 is 0 Å². The Hall–Kier alpha value is -0.680. The summed E-state index contributed by atoms with van der Waals surface area (Å²) in [6.07, 6.45) is -0.0576.